The molecule has 3 rings (SSSR count). The highest BCUT2D eigenvalue weighted by molar-refractivity contribution is 6.25. The Labute approximate surface area is 156 Å². The quantitative estimate of drug-likeness (QED) is 0.658. The van der Waals surface area contributed by atoms with Crippen LogP contribution in [0, 0.1) is 34.6 Å². The van der Waals surface area contributed by atoms with Gasteiger partial charge in [0.05, 0.1) is 22.5 Å². The van der Waals surface area contributed by atoms with Crippen molar-refractivity contribution in [3.63, 3.8) is 0 Å². The zero-order valence-electron chi connectivity index (χ0n) is 15.8. The second-order valence-corrected chi connectivity index (χ2v) is 6.22. The molecule has 0 aliphatic heterocycles. The van der Waals surface area contributed by atoms with Crippen molar-refractivity contribution in [3.05, 3.63) is 64.1 Å². The predicted molar refractivity (Wildman–Crippen MR) is 97.6 cm³/mol. The van der Waals surface area contributed by atoms with Crippen LogP contribution in [-0.2, 0) is 0 Å². The smallest absolute Gasteiger partial charge is 0.332 e. The molecule has 0 spiro atoms. The number of carbonyl (C=O) groups excluding carboxylic acids is 2. The van der Waals surface area contributed by atoms with Gasteiger partial charge in [0.15, 0.2) is 0 Å². The Bertz CT molecular complexity index is 978. The molecule has 3 heterocycles. The standard InChI is InChI=1S/C19H19N5O3/c1-10-6-8-15(12(3)20-10)17(25)24(19-23-22-14(5)27-19)18(26)16-9-7-11(2)21-13(16)4/h6-9H,1-5H3. The van der Waals surface area contributed by atoms with Crippen LogP contribution in [0.15, 0.2) is 28.7 Å². The third kappa shape index (κ3) is 3.59. The molecule has 8 heteroatoms. The van der Waals surface area contributed by atoms with Gasteiger partial charge in [-0.05, 0) is 52.0 Å². The Hall–Kier alpha value is -3.42. The zero-order valence-corrected chi connectivity index (χ0v) is 15.8. The van der Waals surface area contributed by atoms with Crippen molar-refractivity contribution in [2.24, 2.45) is 0 Å². The maximum absolute atomic E-state index is 13.2. The van der Waals surface area contributed by atoms with Crippen LogP contribution in [0.5, 0.6) is 0 Å². The molecular formula is C19H19N5O3. The molecule has 8 nitrogen and oxygen atoms in total. The fourth-order valence-electron chi connectivity index (χ4n) is 2.71. The van der Waals surface area contributed by atoms with Gasteiger partial charge < -0.3 is 4.42 Å². The maximum atomic E-state index is 13.2. The van der Waals surface area contributed by atoms with E-state index in [1.54, 1.807) is 45.0 Å². The lowest BCUT2D eigenvalue weighted by atomic mass is 10.1. The minimum Gasteiger partial charge on any atom is -0.408 e. The molecule has 0 N–H and O–H groups in total. The summed E-state index contributed by atoms with van der Waals surface area (Å²) < 4.78 is 5.38. The molecule has 0 radical (unpaired) electrons. The second-order valence-electron chi connectivity index (χ2n) is 6.22. The Morgan fingerprint density at radius 2 is 1.26 bits per heavy atom. The summed E-state index contributed by atoms with van der Waals surface area (Å²) in [5, 5.41) is 7.60. The van der Waals surface area contributed by atoms with Crippen molar-refractivity contribution in [1.82, 2.24) is 20.2 Å². The van der Waals surface area contributed by atoms with Gasteiger partial charge in [-0.1, -0.05) is 5.10 Å². The molecule has 0 aliphatic carbocycles. The molecular weight excluding hydrogens is 346 g/mol. The molecule has 0 fully saturated rings. The van der Waals surface area contributed by atoms with Gasteiger partial charge in [-0.25, -0.2) is 0 Å². The molecule has 27 heavy (non-hydrogen) atoms. The van der Waals surface area contributed by atoms with Crippen LogP contribution in [0.1, 0.15) is 49.4 Å². The molecule has 0 aromatic carbocycles. The number of carbonyl (C=O) groups is 2. The van der Waals surface area contributed by atoms with E-state index in [0.717, 1.165) is 16.3 Å². The lowest BCUT2D eigenvalue weighted by Gasteiger charge is -2.18. The van der Waals surface area contributed by atoms with Gasteiger partial charge in [-0.15, -0.1) is 5.10 Å². The van der Waals surface area contributed by atoms with E-state index in [2.05, 4.69) is 20.2 Å². The first kappa shape index (κ1) is 18.4. The lowest BCUT2D eigenvalue weighted by Crippen LogP contribution is -2.38. The highest BCUT2D eigenvalue weighted by Gasteiger charge is 2.32. The first-order chi connectivity index (χ1) is 12.8. The topological polar surface area (TPSA) is 102 Å². The van der Waals surface area contributed by atoms with Crippen LogP contribution in [0.25, 0.3) is 0 Å². The third-order valence-electron chi connectivity index (χ3n) is 4.02. The van der Waals surface area contributed by atoms with Crippen molar-refractivity contribution in [2.45, 2.75) is 34.6 Å². The number of hydrogen-bond donors (Lipinski definition) is 0. The zero-order chi connectivity index (χ0) is 19.7. The minimum absolute atomic E-state index is 0.192. The molecule has 2 amide bonds. The number of rotatable bonds is 3. The van der Waals surface area contributed by atoms with Crippen molar-refractivity contribution in [1.29, 1.82) is 0 Å². The van der Waals surface area contributed by atoms with Crippen LogP contribution in [-0.4, -0.2) is 32.0 Å². The van der Waals surface area contributed by atoms with E-state index >= 15 is 0 Å². The number of amides is 2. The molecule has 0 aliphatic rings. The van der Waals surface area contributed by atoms with E-state index in [0.29, 0.717) is 11.4 Å². The summed E-state index contributed by atoms with van der Waals surface area (Å²) in [6.45, 7) is 8.65. The lowest BCUT2D eigenvalue weighted by molar-refractivity contribution is 0.0888. The molecule has 3 aromatic heterocycles. The Kier molecular flexibility index (Phi) is 4.81. The van der Waals surface area contributed by atoms with E-state index in [9.17, 15) is 9.59 Å². The predicted octanol–water partition coefficient (Wildman–Crippen LogP) is 2.89. The Morgan fingerprint density at radius 3 is 1.63 bits per heavy atom. The Morgan fingerprint density at radius 1 is 0.778 bits per heavy atom. The van der Waals surface area contributed by atoms with Crippen LogP contribution < -0.4 is 4.90 Å². The van der Waals surface area contributed by atoms with Crippen LogP contribution in [0.4, 0.5) is 6.01 Å². The summed E-state index contributed by atoms with van der Waals surface area (Å²) in [7, 11) is 0. The summed E-state index contributed by atoms with van der Waals surface area (Å²) in [4.78, 5) is 35.9. The van der Waals surface area contributed by atoms with E-state index in [4.69, 9.17) is 4.42 Å². The second kappa shape index (κ2) is 7.06. The van der Waals surface area contributed by atoms with Crippen LogP contribution in [0.2, 0.25) is 0 Å². The van der Waals surface area contributed by atoms with E-state index < -0.39 is 11.8 Å². The summed E-state index contributed by atoms with van der Waals surface area (Å²) in [5.41, 5.74) is 3.12. The van der Waals surface area contributed by atoms with Crippen molar-refractivity contribution in [2.75, 3.05) is 4.90 Å². The summed E-state index contributed by atoms with van der Waals surface area (Å²) >= 11 is 0. The fourth-order valence-corrected chi connectivity index (χ4v) is 2.71. The average Bonchev–Trinajstić information content (AvgIpc) is 3.00. The summed E-state index contributed by atoms with van der Waals surface area (Å²) in [5.74, 6) is -0.935. The highest BCUT2D eigenvalue weighted by atomic mass is 16.4. The maximum Gasteiger partial charge on any atom is 0.332 e. The number of imide groups is 1. The summed E-state index contributed by atoms with van der Waals surface area (Å²) in [6.07, 6.45) is 0. The molecule has 0 bridgehead atoms. The molecule has 0 unspecified atom stereocenters. The van der Waals surface area contributed by atoms with Crippen molar-refractivity contribution >= 4 is 17.8 Å². The minimum atomic E-state index is -0.589. The van der Waals surface area contributed by atoms with E-state index in [1.807, 2.05) is 13.8 Å². The first-order valence-corrected chi connectivity index (χ1v) is 8.35. The molecule has 0 atom stereocenters. The largest absolute Gasteiger partial charge is 0.408 e. The number of anilines is 1. The van der Waals surface area contributed by atoms with Gasteiger partial charge in [0.25, 0.3) is 11.8 Å². The normalized spacial score (nSPS) is 10.7. The number of aryl methyl sites for hydroxylation is 5. The van der Waals surface area contributed by atoms with E-state index in [-0.39, 0.29) is 23.0 Å². The number of pyridine rings is 2. The number of nitrogens with zero attached hydrogens (tertiary/aromatic N) is 5. The van der Waals surface area contributed by atoms with Gasteiger partial charge in [-0.3, -0.25) is 19.6 Å². The van der Waals surface area contributed by atoms with Gasteiger partial charge >= 0.3 is 6.01 Å². The molecule has 0 saturated carbocycles. The SMILES string of the molecule is Cc1ccc(C(=O)N(C(=O)c2ccc(C)nc2C)c2nnc(C)o2)c(C)n1. The van der Waals surface area contributed by atoms with Gasteiger partial charge in [-0.2, -0.15) is 4.90 Å². The van der Waals surface area contributed by atoms with Gasteiger partial charge in [0, 0.05) is 18.3 Å². The first-order valence-electron chi connectivity index (χ1n) is 8.35. The number of hydrogen-bond acceptors (Lipinski definition) is 7. The highest BCUT2D eigenvalue weighted by Crippen LogP contribution is 2.21. The van der Waals surface area contributed by atoms with Gasteiger partial charge in [0.2, 0.25) is 5.89 Å². The van der Waals surface area contributed by atoms with Crippen LogP contribution in [0.3, 0.4) is 0 Å². The molecule has 138 valence electrons. The Balaban J connectivity index is 2.11. The average molecular weight is 365 g/mol. The van der Waals surface area contributed by atoms with Crippen LogP contribution >= 0.6 is 0 Å². The third-order valence-corrected chi connectivity index (χ3v) is 4.02. The van der Waals surface area contributed by atoms with Gasteiger partial charge in [0.1, 0.15) is 0 Å². The monoisotopic (exact) mass is 365 g/mol. The molecule has 3 aromatic rings. The van der Waals surface area contributed by atoms with Crippen molar-refractivity contribution in [3.8, 4) is 0 Å². The van der Waals surface area contributed by atoms with E-state index in [1.165, 1.54) is 0 Å². The number of aromatic nitrogens is 4. The summed E-state index contributed by atoms with van der Waals surface area (Å²) in [6, 6.07) is 6.48. The van der Waals surface area contributed by atoms with Crippen molar-refractivity contribution < 1.29 is 14.0 Å². The molecule has 0 saturated heterocycles. The fraction of sp³-hybridized carbons (Fsp3) is 0.263.